The monoisotopic (exact) mass is 581 g/mol. The molecule has 0 aliphatic carbocycles. The smallest absolute Gasteiger partial charge is 0.246 e. The number of hydrogen-bond donors (Lipinski definition) is 1. The predicted octanol–water partition coefficient (Wildman–Crippen LogP) is 4.65. The number of carbonyl (C=O) groups excluding carboxylic acids is 1. The van der Waals surface area contributed by atoms with Crippen LogP contribution in [-0.4, -0.2) is 71.6 Å². The van der Waals surface area contributed by atoms with E-state index in [1.54, 1.807) is 66.2 Å². The van der Waals surface area contributed by atoms with Crippen LogP contribution in [0.3, 0.4) is 0 Å². The Balaban J connectivity index is 1.24. The van der Waals surface area contributed by atoms with E-state index in [9.17, 15) is 4.79 Å². The van der Waals surface area contributed by atoms with Gasteiger partial charge in [0.25, 0.3) is 0 Å². The third-order valence-corrected chi connectivity index (χ3v) is 7.10. The Morgan fingerprint density at radius 3 is 2.91 bits per heavy atom. The van der Waals surface area contributed by atoms with Gasteiger partial charge in [0.15, 0.2) is 23.1 Å². The first-order valence-corrected chi connectivity index (χ1v) is 13.6. The number of ether oxygens (including phenoxy) is 2. The fourth-order valence-corrected chi connectivity index (χ4v) is 4.84. The molecule has 0 fully saturated rings. The molecule has 12 nitrogen and oxygen atoms in total. The third-order valence-electron chi connectivity index (χ3n) is 7.10. The van der Waals surface area contributed by atoms with Gasteiger partial charge in [0, 0.05) is 43.6 Å². The van der Waals surface area contributed by atoms with Crippen LogP contribution in [0, 0.1) is 12.7 Å². The van der Waals surface area contributed by atoms with Gasteiger partial charge in [-0.05, 0) is 44.0 Å². The summed E-state index contributed by atoms with van der Waals surface area (Å²) in [4.78, 5) is 36.4. The van der Waals surface area contributed by atoms with Crippen molar-refractivity contribution in [2.24, 2.45) is 0 Å². The standard InChI is InChI=1S/C30H28FN9O3/c1-18-13-20(8-10-39(18)26(41)5-4-12-42-3)29-32-15-23-28(38-29)30(35-16-33-23)37-22-6-7-24(19(2)27(22)31)43-21-9-11-40-25(14-21)34-17-36-40/h4-7,9,11,13-18H,8,10,12H2,1-3H3,(H,33,35,37)/b5-4+/t18-/m0/s1. The molecule has 4 aromatic heterocycles. The summed E-state index contributed by atoms with van der Waals surface area (Å²) in [5.41, 5.74) is 3.00. The van der Waals surface area contributed by atoms with Crippen molar-refractivity contribution in [1.29, 1.82) is 0 Å². The van der Waals surface area contributed by atoms with Crippen molar-refractivity contribution in [3.8, 4) is 11.5 Å². The average molecular weight is 582 g/mol. The summed E-state index contributed by atoms with van der Waals surface area (Å²) >= 11 is 0. The number of nitrogens with one attached hydrogen (secondary N) is 1. The minimum Gasteiger partial charge on any atom is -0.457 e. The molecule has 218 valence electrons. The molecule has 1 amide bonds. The molecular weight excluding hydrogens is 553 g/mol. The highest BCUT2D eigenvalue weighted by atomic mass is 19.1. The lowest BCUT2D eigenvalue weighted by atomic mass is 10.0. The highest BCUT2D eigenvalue weighted by molar-refractivity contribution is 5.89. The third kappa shape index (κ3) is 5.75. The first-order chi connectivity index (χ1) is 20.9. The van der Waals surface area contributed by atoms with Gasteiger partial charge in [0.05, 0.1) is 18.5 Å². The summed E-state index contributed by atoms with van der Waals surface area (Å²) in [7, 11) is 1.58. The average Bonchev–Trinajstić information content (AvgIpc) is 3.49. The van der Waals surface area contributed by atoms with E-state index in [0.29, 0.717) is 65.0 Å². The molecule has 1 aromatic carbocycles. The number of benzene rings is 1. The van der Waals surface area contributed by atoms with Crippen molar-refractivity contribution >= 4 is 39.7 Å². The maximum absolute atomic E-state index is 15.6. The van der Waals surface area contributed by atoms with Crippen LogP contribution in [0.5, 0.6) is 11.5 Å². The number of fused-ring (bicyclic) bond motifs is 2. The minimum absolute atomic E-state index is 0.0794. The SMILES string of the molecule is COC/C=C/C(=O)N1CCC(c2ncc3ncnc(Nc4ccc(Oc5ccn6ncnc6c5)c(C)c4F)c3n2)=C[C@@H]1C. The van der Waals surface area contributed by atoms with Gasteiger partial charge in [-0.2, -0.15) is 5.10 Å². The lowest BCUT2D eigenvalue weighted by molar-refractivity contribution is -0.127. The van der Waals surface area contributed by atoms with Crippen LogP contribution in [0.1, 0.15) is 24.7 Å². The molecule has 1 atom stereocenters. The highest BCUT2D eigenvalue weighted by Gasteiger charge is 2.24. The minimum atomic E-state index is -0.491. The maximum atomic E-state index is 15.6. The largest absolute Gasteiger partial charge is 0.457 e. The number of halogens is 1. The number of nitrogens with zero attached hydrogens (tertiary/aromatic N) is 8. The van der Waals surface area contributed by atoms with E-state index in [-0.39, 0.29) is 17.6 Å². The van der Waals surface area contributed by atoms with E-state index in [2.05, 4.69) is 30.4 Å². The van der Waals surface area contributed by atoms with Crippen LogP contribution in [-0.2, 0) is 9.53 Å². The number of pyridine rings is 1. The molecule has 5 aromatic rings. The molecule has 0 unspecified atom stereocenters. The summed E-state index contributed by atoms with van der Waals surface area (Å²) in [6.07, 6.45) is 11.9. The first-order valence-electron chi connectivity index (χ1n) is 13.6. The first kappa shape index (κ1) is 27.8. The van der Waals surface area contributed by atoms with Gasteiger partial charge in [0.1, 0.15) is 35.2 Å². The summed E-state index contributed by atoms with van der Waals surface area (Å²) in [6.45, 7) is 4.49. The second kappa shape index (κ2) is 11.9. The van der Waals surface area contributed by atoms with Gasteiger partial charge < -0.3 is 19.7 Å². The van der Waals surface area contributed by atoms with E-state index in [1.807, 2.05) is 13.0 Å². The lowest BCUT2D eigenvalue weighted by Crippen LogP contribution is -2.40. The van der Waals surface area contributed by atoms with Crippen LogP contribution in [0.4, 0.5) is 15.9 Å². The molecule has 0 saturated heterocycles. The number of aromatic nitrogens is 7. The van der Waals surface area contributed by atoms with E-state index in [4.69, 9.17) is 14.5 Å². The van der Waals surface area contributed by atoms with Crippen LogP contribution in [0.2, 0.25) is 0 Å². The molecule has 43 heavy (non-hydrogen) atoms. The normalized spacial score (nSPS) is 15.3. The Labute approximate surface area is 245 Å². The number of rotatable bonds is 8. The van der Waals surface area contributed by atoms with Gasteiger partial charge in [-0.1, -0.05) is 12.2 Å². The van der Waals surface area contributed by atoms with Crippen molar-refractivity contribution in [3.63, 3.8) is 0 Å². The molecular formula is C30H28FN9O3. The highest BCUT2D eigenvalue weighted by Crippen LogP contribution is 2.33. The molecule has 1 aliphatic heterocycles. The fourth-order valence-electron chi connectivity index (χ4n) is 4.84. The number of carbonyl (C=O) groups is 1. The van der Waals surface area contributed by atoms with E-state index in [1.165, 1.54) is 18.7 Å². The van der Waals surface area contributed by atoms with Crippen molar-refractivity contribution in [2.75, 3.05) is 25.6 Å². The molecule has 5 heterocycles. The molecule has 0 spiro atoms. The Morgan fingerprint density at radius 1 is 1.19 bits per heavy atom. The van der Waals surface area contributed by atoms with Crippen molar-refractivity contribution in [2.45, 2.75) is 26.3 Å². The second-order valence-electron chi connectivity index (χ2n) is 9.92. The number of amides is 1. The van der Waals surface area contributed by atoms with E-state index in [0.717, 1.165) is 5.57 Å². The van der Waals surface area contributed by atoms with Gasteiger partial charge in [-0.25, -0.2) is 33.8 Å². The Kier molecular flexibility index (Phi) is 7.71. The van der Waals surface area contributed by atoms with Crippen molar-refractivity contribution < 1.29 is 18.7 Å². The quantitative estimate of drug-likeness (QED) is 0.258. The summed E-state index contributed by atoms with van der Waals surface area (Å²) < 4.78 is 28.1. The summed E-state index contributed by atoms with van der Waals surface area (Å²) in [6, 6.07) is 6.57. The molecule has 1 N–H and O–H groups in total. The Morgan fingerprint density at radius 2 is 2.07 bits per heavy atom. The van der Waals surface area contributed by atoms with Crippen LogP contribution in [0.15, 0.2) is 67.5 Å². The zero-order chi connectivity index (χ0) is 29.9. The van der Waals surface area contributed by atoms with Gasteiger partial charge in [-0.15, -0.1) is 0 Å². The zero-order valence-corrected chi connectivity index (χ0v) is 23.7. The van der Waals surface area contributed by atoms with Gasteiger partial charge >= 0.3 is 0 Å². The van der Waals surface area contributed by atoms with E-state index >= 15 is 4.39 Å². The van der Waals surface area contributed by atoms with Crippen LogP contribution in [0.25, 0.3) is 22.3 Å². The van der Waals surface area contributed by atoms with Crippen molar-refractivity contribution in [1.82, 2.24) is 39.4 Å². The summed E-state index contributed by atoms with van der Waals surface area (Å²) in [5.74, 6) is 1.14. The zero-order valence-electron chi connectivity index (χ0n) is 23.7. The molecule has 0 bridgehead atoms. The molecule has 0 radical (unpaired) electrons. The van der Waals surface area contributed by atoms with Crippen LogP contribution < -0.4 is 10.1 Å². The van der Waals surface area contributed by atoms with Crippen molar-refractivity contribution in [3.05, 3.63) is 84.7 Å². The number of anilines is 2. The van der Waals surface area contributed by atoms with Gasteiger partial charge in [0.2, 0.25) is 5.91 Å². The molecule has 6 rings (SSSR count). The Bertz CT molecular complexity index is 1890. The maximum Gasteiger partial charge on any atom is 0.246 e. The van der Waals surface area contributed by atoms with Crippen LogP contribution >= 0.6 is 0 Å². The summed E-state index contributed by atoms with van der Waals surface area (Å²) in [5, 5.41) is 7.14. The van der Waals surface area contributed by atoms with Gasteiger partial charge in [-0.3, -0.25) is 4.79 Å². The Hall–Kier alpha value is -5.30. The topological polar surface area (TPSA) is 133 Å². The van der Waals surface area contributed by atoms with E-state index < -0.39 is 5.82 Å². The fraction of sp³-hybridized carbons (Fsp3) is 0.233. The second-order valence-corrected chi connectivity index (χ2v) is 9.92. The number of methoxy groups -OCH3 is 1. The molecule has 1 aliphatic rings. The molecule has 0 saturated carbocycles. The molecule has 13 heteroatoms. The predicted molar refractivity (Wildman–Crippen MR) is 157 cm³/mol. The lowest BCUT2D eigenvalue weighted by Gasteiger charge is -2.31. The number of hydrogen-bond acceptors (Lipinski definition) is 10.